The highest BCUT2D eigenvalue weighted by Crippen LogP contribution is 2.18. The van der Waals surface area contributed by atoms with Crippen LogP contribution in [0, 0.1) is 5.92 Å². The number of hydrogen-bond donors (Lipinski definition) is 2. The lowest BCUT2D eigenvalue weighted by atomic mass is 10.1. The SMILES string of the molecule is O=C(O)c1cnc(NCC2CCS(=O)(=O)C2)cn1. The number of anilines is 1. The third-order valence-electron chi connectivity index (χ3n) is 2.77. The normalized spacial score (nSPS) is 21.7. The Morgan fingerprint density at radius 1 is 1.44 bits per heavy atom. The lowest BCUT2D eigenvalue weighted by molar-refractivity contribution is 0.0690. The molecule has 98 valence electrons. The Balaban J connectivity index is 1.89. The first kappa shape index (κ1) is 12.7. The van der Waals surface area contributed by atoms with Gasteiger partial charge in [0.05, 0.1) is 23.9 Å². The molecule has 18 heavy (non-hydrogen) atoms. The van der Waals surface area contributed by atoms with E-state index in [1.807, 2.05) is 0 Å². The molecule has 2 heterocycles. The highest BCUT2D eigenvalue weighted by atomic mass is 32.2. The minimum absolute atomic E-state index is 0.0796. The monoisotopic (exact) mass is 271 g/mol. The van der Waals surface area contributed by atoms with E-state index in [-0.39, 0.29) is 23.1 Å². The van der Waals surface area contributed by atoms with Crippen LogP contribution in [0.4, 0.5) is 5.82 Å². The van der Waals surface area contributed by atoms with Crippen LogP contribution in [0.25, 0.3) is 0 Å². The van der Waals surface area contributed by atoms with Crippen molar-refractivity contribution < 1.29 is 18.3 Å². The zero-order chi connectivity index (χ0) is 13.2. The van der Waals surface area contributed by atoms with Gasteiger partial charge in [0.15, 0.2) is 15.5 Å². The zero-order valence-corrected chi connectivity index (χ0v) is 10.4. The van der Waals surface area contributed by atoms with Crippen molar-refractivity contribution in [1.29, 1.82) is 0 Å². The van der Waals surface area contributed by atoms with E-state index in [0.29, 0.717) is 18.8 Å². The van der Waals surface area contributed by atoms with E-state index in [9.17, 15) is 13.2 Å². The van der Waals surface area contributed by atoms with Crippen molar-refractivity contribution in [3.63, 3.8) is 0 Å². The fraction of sp³-hybridized carbons (Fsp3) is 0.500. The summed E-state index contributed by atoms with van der Waals surface area (Å²) in [6.45, 7) is 0.500. The Kier molecular flexibility index (Phi) is 3.46. The van der Waals surface area contributed by atoms with Crippen LogP contribution < -0.4 is 5.32 Å². The van der Waals surface area contributed by atoms with Gasteiger partial charge in [-0.3, -0.25) is 0 Å². The summed E-state index contributed by atoms with van der Waals surface area (Å²) in [6, 6.07) is 0. The standard InChI is InChI=1S/C10H13N3O4S/c14-10(15)8-4-13-9(5-11-8)12-3-7-1-2-18(16,17)6-7/h4-5,7H,1-3,6H2,(H,12,13)(H,14,15). The Morgan fingerprint density at radius 2 is 2.22 bits per heavy atom. The molecule has 0 spiro atoms. The van der Waals surface area contributed by atoms with E-state index in [0.717, 1.165) is 6.20 Å². The minimum atomic E-state index is -2.87. The number of hydrogen-bond acceptors (Lipinski definition) is 6. The maximum atomic E-state index is 11.3. The fourth-order valence-electron chi connectivity index (χ4n) is 1.81. The van der Waals surface area contributed by atoms with Crippen molar-refractivity contribution >= 4 is 21.6 Å². The number of nitrogens with one attached hydrogen (secondary N) is 1. The molecule has 1 atom stereocenters. The highest BCUT2D eigenvalue weighted by molar-refractivity contribution is 7.91. The third-order valence-corrected chi connectivity index (χ3v) is 4.61. The van der Waals surface area contributed by atoms with Crippen LogP contribution >= 0.6 is 0 Å². The molecule has 2 rings (SSSR count). The number of carboxylic acids is 1. The second kappa shape index (κ2) is 4.89. The van der Waals surface area contributed by atoms with Gasteiger partial charge in [-0.2, -0.15) is 0 Å². The molecule has 0 saturated carbocycles. The topological polar surface area (TPSA) is 109 Å². The van der Waals surface area contributed by atoms with Crippen molar-refractivity contribution in [3.8, 4) is 0 Å². The first-order chi connectivity index (χ1) is 8.46. The van der Waals surface area contributed by atoms with Gasteiger partial charge in [-0.1, -0.05) is 0 Å². The van der Waals surface area contributed by atoms with Gasteiger partial charge in [0.25, 0.3) is 0 Å². The van der Waals surface area contributed by atoms with Gasteiger partial charge in [-0.25, -0.2) is 23.2 Å². The maximum absolute atomic E-state index is 11.3. The minimum Gasteiger partial charge on any atom is -0.476 e. The van der Waals surface area contributed by atoms with Gasteiger partial charge < -0.3 is 10.4 Å². The molecule has 0 amide bonds. The molecular formula is C10H13N3O4S. The Bertz CT molecular complexity index is 541. The Morgan fingerprint density at radius 3 is 2.72 bits per heavy atom. The molecule has 0 aromatic carbocycles. The number of carboxylic acid groups (broad SMARTS) is 1. The Hall–Kier alpha value is -1.70. The molecule has 1 unspecified atom stereocenters. The molecule has 1 aromatic heterocycles. The number of rotatable bonds is 4. The van der Waals surface area contributed by atoms with Crippen LogP contribution in [-0.4, -0.2) is 47.5 Å². The van der Waals surface area contributed by atoms with Crippen LogP contribution in [0.3, 0.4) is 0 Å². The number of carbonyl (C=O) groups is 1. The lowest BCUT2D eigenvalue weighted by Gasteiger charge is -2.09. The summed E-state index contributed by atoms with van der Waals surface area (Å²) in [7, 11) is -2.87. The van der Waals surface area contributed by atoms with E-state index in [4.69, 9.17) is 5.11 Å². The summed E-state index contributed by atoms with van der Waals surface area (Å²) in [5.41, 5.74) is -0.121. The molecular weight excluding hydrogens is 258 g/mol. The van der Waals surface area contributed by atoms with Gasteiger partial charge in [-0.15, -0.1) is 0 Å². The van der Waals surface area contributed by atoms with Crippen molar-refractivity contribution in [2.75, 3.05) is 23.4 Å². The fourth-order valence-corrected chi connectivity index (χ4v) is 3.67. The summed E-state index contributed by atoms with van der Waals surface area (Å²) in [5, 5.41) is 11.6. The maximum Gasteiger partial charge on any atom is 0.356 e. The summed E-state index contributed by atoms with van der Waals surface area (Å²) >= 11 is 0. The zero-order valence-electron chi connectivity index (χ0n) is 9.54. The van der Waals surface area contributed by atoms with Gasteiger partial charge in [0, 0.05) is 6.54 Å². The molecule has 0 bridgehead atoms. The molecule has 2 N–H and O–H groups in total. The van der Waals surface area contributed by atoms with Gasteiger partial charge in [0.1, 0.15) is 5.82 Å². The molecule has 1 aliphatic rings. The van der Waals surface area contributed by atoms with Gasteiger partial charge in [-0.05, 0) is 12.3 Å². The first-order valence-corrected chi connectivity index (χ1v) is 7.28. The largest absolute Gasteiger partial charge is 0.476 e. The molecule has 0 aliphatic carbocycles. The highest BCUT2D eigenvalue weighted by Gasteiger charge is 2.27. The second-order valence-corrected chi connectivity index (χ2v) is 6.47. The van der Waals surface area contributed by atoms with Gasteiger partial charge >= 0.3 is 5.97 Å². The van der Waals surface area contributed by atoms with Crippen molar-refractivity contribution in [3.05, 3.63) is 18.1 Å². The molecule has 8 heteroatoms. The molecule has 1 aliphatic heterocycles. The van der Waals surface area contributed by atoms with Crippen LogP contribution in [0.5, 0.6) is 0 Å². The summed E-state index contributed by atoms with van der Waals surface area (Å²) in [4.78, 5) is 18.2. The van der Waals surface area contributed by atoms with Crippen molar-refractivity contribution in [2.24, 2.45) is 5.92 Å². The predicted molar refractivity (Wildman–Crippen MR) is 64.2 cm³/mol. The van der Waals surface area contributed by atoms with Crippen molar-refractivity contribution in [2.45, 2.75) is 6.42 Å². The van der Waals surface area contributed by atoms with Crippen LogP contribution in [-0.2, 0) is 9.84 Å². The number of aromatic carboxylic acids is 1. The van der Waals surface area contributed by atoms with E-state index >= 15 is 0 Å². The molecule has 7 nitrogen and oxygen atoms in total. The second-order valence-electron chi connectivity index (χ2n) is 4.24. The average molecular weight is 271 g/mol. The van der Waals surface area contributed by atoms with E-state index in [1.165, 1.54) is 6.20 Å². The molecule has 1 aromatic rings. The van der Waals surface area contributed by atoms with Gasteiger partial charge in [0.2, 0.25) is 0 Å². The van der Waals surface area contributed by atoms with Crippen LogP contribution in [0.15, 0.2) is 12.4 Å². The van der Waals surface area contributed by atoms with E-state index in [1.54, 1.807) is 0 Å². The number of nitrogens with zero attached hydrogens (tertiary/aromatic N) is 2. The third kappa shape index (κ3) is 3.16. The van der Waals surface area contributed by atoms with Crippen LogP contribution in [0.2, 0.25) is 0 Å². The smallest absolute Gasteiger partial charge is 0.356 e. The number of aromatic nitrogens is 2. The van der Waals surface area contributed by atoms with E-state index in [2.05, 4.69) is 15.3 Å². The average Bonchev–Trinajstić information content (AvgIpc) is 2.67. The number of sulfone groups is 1. The molecule has 0 radical (unpaired) electrons. The summed E-state index contributed by atoms with van der Waals surface area (Å²) in [6.07, 6.45) is 3.14. The van der Waals surface area contributed by atoms with Crippen LogP contribution in [0.1, 0.15) is 16.9 Å². The molecule has 1 fully saturated rings. The van der Waals surface area contributed by atoms with Crippen molar-refractivity contribution in [1.82, 2.24) is 9.97 Å². The molecule has 1 saturated heterocycles. The quantitative estimate of drug-likeness (QED) is 0.794. The summed E-state index contributed by atoms with van der Waals surface area (Å²) in [5.74, 6) is -0.167. The predicted octanol–water partition coefficient (Wildman–Crippen LogP) is 0.0214. The van der Waals surface area contributed by atoms with E-state index < -0.39 is 15.8 Å². The first-order valence-electron chi connectivity index (χ1n) is 5.46. The Labute approximate surface area is 104 Å². The lowest BCUT2D eigenvalue weighted by Crippen LogP contribution is -2.16. The summed E-state index contributed by atoms with van der Waals surface area (Å²) < 4.78 is 22.5.